The van der Waals surface area contributed by atoms with E-state index in [-0.39, 0.29) is 11.3 Å². The number of rotatable bonds is 4. The Morgan fingerprint density at radius 1 is 1.29 bits per heavy atom. The molecule has 1 aromatic carbocycles. The predicted molar refractivity (Wildman–Crippen MR) is 91.7 cm³/mol. The molecule has 4 rings (SSSR count). The normalized spacial score (nSPS) is 25.6. The van der Waals surface area contributed by atoms with Gasteiger partial charge in [-0.2, -0.15) is 5.10 Å². The zero-order chi connectivity index (χ0) is 16.6. The Hall–Kier alpha value is -2.18. The van der Waals surface area contributed by atoms with Gasteiger partial charge in [0.2, 0.25) is 5.91 Å². The van der Waals surface area contributed by atoms with E-state index in [0.717, 1.165) is 37.4 Å². The molecule has 1 amide bonds. The number of carbonyl (C=O) groups excluding carboxylic acids is 1. The number of hydrogen-bond acceptors (Lipinski definition) is 4. The van der Waals surface area contributed by atoms with Gasteiger partial charge in [0, 0.05) is 58.1 Å². The van der Waals surface area contributed by atoms with Crippen molar-refractivity contribution in [1.82, 2.24) is 25.3 Å². The molecule has 2 aliphatic heterocycles. The lowest BCUT2D eigenvalue weighted by Crippen LogP contribution is -2.47. The highest BCUT2D eigenvalue weighted by Gasteiger charge is 2.52. The third-order valence-electron chi connectivity index (χ3n) is 5.34. The second-order valence-electron chi connectivity index (χ2n) is 6.89. The molecule has 0 radical (unpaired) electrons. The van der Waals surface area contributed by atoms with Gasteiger partial charge in [0.1, 0.15) is 0 Å². The van der Waals surface area contributed by atoms with E-state index in [9.17, 15) is 4.79 Å². The zero-order valence-corrected chi connectivity index (χ0v) is 13.9. The third kappa shape index (κ3) is 2.52. The van der Waals surface area contributed by atoms with E-state index in [1.54, 1.807) is 6.20 Å². The number of benzene rings is 1. The van der Waals surface area contributed by atoms with Crippen LogP contribution >= 0.6 is 0 Å². The highest BCUT2D eigenvalue weighted by atomic mass is 16.2. The molecule has 0 atom stereocenters. The molecule has 6 heteroatoms. The number of aromatic nitrogens is 2. The molecule has 6 nitrogen and oxygen atoms in total. The van der Waals surface area contributed by atoms with E-state index in [1.165, 1.54) is 0 Å². The van der Waals surface area contributed by atoms with Gasteiger partial charge in [-0.05, 0) is 23.8 Å². The van der Waals surface area contributed by atoms with Gasteiger partial charge < -0.3 is 15.5 Å². The van der Waals surface area contributed by atoms with Gasteiger partial charge in [0.25, 0.3) is 0 Å². The van der Waals surface area contributed by atoms with Crippen molar-refractivity contribution in [1.29, 1.82) is 0 Å². The number of carbonyl (C=O) groups is 1. The van der Waals surface area contributed by atoms with Gasteiger partial charge in [-0.15, -0.1) is 0 Å². The summed E-state index contributed by atoms with van der Waals surface area (Å²) in [6.07, 6.45) is 3.69. The summed E-state index contributed by atoms with van der Waals surface area (Å²) in [5.41, 5.74) is 1.90. The minimum Gasteiger partial charge on any atom is -0.341 e. The monoisotopic (exact) mass is 325 g/mol. The van der Waals surface area contributed by atoms with Crippen LogP contribution in [0.2, 0.25) is 0 Å². The summed E-state index contributed by atoms with van der Waals surface area (Å²) in [6.45, 7) is 4.07. The van der Waals surface area contributed by atoms with Crippen LogP contribution in [0.5, 0.6) is 0 Å². The minimum absolute atomic E-state index is 0.249. The van der Waals surface area contributed by atoms with Gasteiger partial charge in [0.15, 0.2) is 0 Å². The van der Waals surface area contributed by atoms with Crippen LogP contribution in [-0.4, -0.2) is 53.8 Å². The molecule has 2 saturated heterocycles. The fraction of sp³-hybridized carbons (Fsp3) is 0.444. The van der Waals surface area contributed by atoms with Crippen molar-refractivity contribution in [2.45, 2.75) is 6.54 Å². The lowest BCUT2D eigenvalue weighted by atomic mass is 9.79. The fourth-order valence-electron chi connectivity index (χ4n) is 3.98. The lowest BCUT2D eigenvalue weighted by molar-refractivity contribution is -0.140. The van der Waals surface area contributed by atoms with Crippen molar-refractivity contribution in [2.24, 2.45) is 11.3 Å². The largest absolute Gasteiger partial charge is 0.341 e. The Kier molecular flexibility index (Phi) is 3.86. The molecule has 0 spiro atoms. The fourth-order valence-corrected chi connectivity index (χ4v) is 3.98. The lowest BCUT2D eigenvalue weighted by Gasteiger charge is -2.31. The summed E-state index contributed by atoms with van der Waals surface area (Å²) >= 11 is 0. The van der Waals surface area contributed by atoms with E-state index < -0.39 is 0 Å². The Morgan fingerprint density at radius 3 is 2.62 bits per heavy atom. The second kappa shape index (κ2) is 6.03. The van der Waals surface area contributed by atoms with Crippen LogP contribution in [-0.2, 0) is 11.3 Å². The number of nitrogens with zero attached hydrogens (tertiary/aromatic N) is 3. The summed E-state index contributed by atoms with van der Waals surface area (Å²) in [5, 5.41) is 11.0. The molecular weight excluding hydrogens is 302 g/mol. The number of hydrogen-bond donors (Lipinski definition) is 2. The summed E-state index contributed by atoms with van der Waals surface area (Å²) < 4.78 is 1.83. The maximum Gasteiger partial charge on any atom is 0.231 e. The average molecular weight is 325 g/mol. The van der Waals surface area contributed by atoms with Crippen LogP contribution in [0.25, 0.3) is 5.69 Å². The second-order valence-corrected chi connectivity index (χ2v) is 6.89. The first kappa shape index (κ1) is 15.4. The molecule has 0 unspecified atom stereocenters. The standard InChI is InChI=1S/C18H23N5O/c1-22(17(24)18-12-19-9-15(18)10-20-13-18)11-14-3-5-16(6-4-14)23-8-2-7-21-23/h2-8,15,19-20H,9-13H2,1H3. The average Bonchev–Trinajstić information content (AvgIpc) is 3.31. The van der Waals surface area contributed by atoms with Gasteiger partial charge in [-0.25, -0.2) is 4.68 Å². The van der Waals surface area contributed by atoms with Crippen LogP contribution in [0.4, 0.5) is 0 Å². The van der Waals surface area contributed by atoms with E-state index in [1.807, 2.05) is 41.0 Å². The van der Waals surface area contributed by atoms with Crippen LogP contribution in [0, 0.1) is 11.3 Å². The Morgan fingerprint density at radius 2 is 2.00 bits per heavy atom. The molecule has 2 aliphatic rings. The first-order valence-corrected chi connectivity index (χ1v) is 8.45. The van der Waals surface area contributed by atoms with Gasteiger partial charge in [-0.3, -0.25) is 4.79 Å². The van der Waals surface area contributed by atoms with Crippen molar-refractivity contribution in [3.05, 3.63) is 48.3 Å². The van der Waals surface area contributed by atoms with Crippen molar-refractivity contribution in [3.8, 4) is 5.69 Å². The molecule has 0 bridgehead atoms. The molecule has 126 valence electrons. The molecule has 3 heterocycles. The van der Waals surface area contributed by atoms with E-state index in [2.05, 4.69) is 27.9 Å². The van der Waals surface area contributed by atoms with Crippen LogP contribution in [0.1, 0.15) is 5.56 Å². The Balaban J connectivity index is 1.46. The maximum atomic E-state index is 13.0. The van der Waals surface area contributed by atoms with E-state index in [0.29, 0.717) is 12.5 Å². The van der Waals surface area contributed by atoms with Gasteiger partial charge in [-0.1, -0.05) is 12.1 Å². The van der Waals surface area contributed by atoms with Gasteiger partial charge in [0.05, 0.1) is 11.1 Å². The van der Waals surface area contributed by atoms with Crippen molar-refractivity contribution < 1.29 is 4.79 Å². The van der Waals surface area contributed by atoms with Crippen LogP contribution in [0.15, 0.2) is 42.7 Å². The Bertz CT molecular complexity index is 700. The third-order valence-corrected chi connectivity index (χ3v) is 5.34. The van der Waals surface area contributed by atoms with Crippen LogP contribution in [0.3, 0.4) is 0 Å². The molecule has 1 aromatic heterocycles. The minimum atomic E-state index is -0.260. The first-order valence-electron chi connectivity index (χ1n) is 8.45. The quantitative estimate of drug-likeness (QED) is 0.866. The van der Waals surface area contributed by atoms with E-state index in [4.69, 9.17) is 0 Å². The predicted octanol–water partition coefficient (Wildman–Crippen LogP) is 0.640. The molecule has 2 N–H and O–H groups in total. The summed E-state index contributed by atoms with van der Waals surface area (Å²) in [6, 6.07) is 10.1. The SMILES string of the molecule is CN(Cc1ccc(-n2cccn2)cc1)C(=O)C12CNCC1CNC2. The van der Waals surface area contributed by atoms with Crippen LogP contribution < -0.4 is 10.6 Å². The van der Waals surface area contributed by atoms with Crippen molar-refractivity contribution in [2.75, 3.05) is 33.2 Å². The first-order chi connectivity index (χ1) is 11.7. The molecule has 0 saturated carbocycles. The molecule has 24 heavy (non-hydrogen) atoms. The van der Waals surface area contributed by atoms with Gasteiger partial charge >= 0.3 is 0 Å². The molecule has 2 aromatic rings. The van der Waals surface area contributed by atoms with Crippen molar-refractivity contribution in [3.63, 3.8) is 0 Å². The summed E-state index contributed by atoms with van der Waals surface area (Å²) in [4.78, 5) is 14.9. The number of amides is 1. The topological polar surface area (TPSA) is 62.2 Å². The highest BCUT2D eigenvalue weighted by Crippen LogP contribution is 2.36. The van der Waals surface area contributed by atoms with E-state index >= 15 is 0 Å². The summed E-state index contributed by atoms with van der Waals surface area (Å²) in [5.74, 6) is 0.660. The smallest absolute Gasteiger partial charge is 0.231 e. The maximum absolute atomic E-state index is 13.0. The molecular formula is C18H23N5O. The Labute approximate surface area is 141 Å². The number of nitrogens with one attached hydrogen (secondary N) is 2. The summed E-state index contributed by atoms with van der Waals surface area (Å²) in [7, 11) is 1.91. The molecule has 2 fully saturated rings. The highest BCUT2D eigenvalue weighted by molar-refractivity contribution is 5.84. The van der Waals surface area contributed by atoms with Crippen molar-refractivity contribution >= 4 is 5.91 Å². The number of fused-ring (bicyclic) bond motifs is 1. The molecule has 0 aliphatic carbocycles. The zero-order valence-electron chi connectivity index (χ0n) is 13.9.